The van der Waals surface area contributed by atoms with E-state index in [0.29, 0.717) is 17.9 Å². The molecule has 0 saturated carbocycles. The molecule has 40 heavy (non-hydrogen) atoms. The molecule has 1 aliphatic carbocycles. The van der Waals surface area contributed by atoms with Gasteiger partial charge in [0.15, 0.2) is 34.3 Å². The predicted molar refractivity (Wildman–Crippen MR) is 135 cm³/mol. The number of aryl methyl sites for hydroxylation is 1. The first-order valence-electron chi connectivity index (χ1n) is 13.2. The molecular formula is C29H24O11. The number of phenolic OH excluding ortho intramolecular Hbond substituents is 1. The van der Waals surface area contributed by atoms with Crippen LogP contribution in [0.3, 0.4) is 0 Å². The van der Waals surface area contributed by atoms with E-state index in [0.717, 1.165) is 0 Å². The smallest absolute Gasteiger partial charge is 0.205 e. The fraction of sp³-hybridized carbons (Fsp3) is 0.448. The molecule has 5 heterocycles. The number of aliphatic hydroxyl groups excluding tert-OH is 1. The lowest BCUT2D eigenvalue weighted by Crippen LogP contribution is -2.54. The van der Waals surface area contributed by atoms with Crippen LogP contribution in [0.15, 0.2) is 27.4 Å². The minimum atomic E-state index is -1.76. The molecule has 5 aliphatic rings. The summed E-state index contributed by atoms with van der Waals surface area (Å²) < 4.78 is 28.9. The fourth-order valence-electron chi connectivity index (χ4n) is 6.63. The van der Waals surface area contributed by atoms with Gasteiger partial charge in [0.1, 0.15) is 41.5 Å². The van der Waals surface area contributed by atoms with Crippen LogP contribution in [0, 0.1) is 6.92 Å². The molecule has 4 saturated heterocycles. The summed E-state index contributed by atoms with van der Waals surface area (Å²) in [5, 5.41) is 22.2. The summed E-state index contributed by atoms with van der Waals surface area (Å²) in [5.74, 6) is -1.90. The van der Waals surface area contributed by atoms with Crippen LogP contribution in [0.1, 0.15) is 52.3 Å². The minimum Gasteiger partial charge on any atom is -0.507 e. The van der Waals surface area contributed by atoms with Crippen LogP contribution in [0.4, 0.5) is 0 Å². The molecule has 4 aliphatic heterocycles. The van der Waals surface area contributed by atoms with Gasteiger partial charge in [0.2, 0.25) is 5.78 Å². The molecule has 2 aromatic carbocycles. The molecule has 0 bridgehead atoms. The van der Waals surface area contributed by atoms with E-state index < -0.39 is 58.7 Å². The summed E-state index contributed by atoms with van der Waals surface area (Å²) in [5.41, 5.74) is -2.54. The summed E-state index contributed by atoms with van der Waals surface area (Å²) in [6, 6.07) is 4.41. The number of hydrogen-bond acceptors (Lipinski definition) is 11. The Balaban J connectivity index is 1.30. The van der Waals surface area contributed by atoms with Gasteiger partial charge in [0, 0.05) is 28.8 Å². The van der Waals surface area contributed by atoms with E-state index in [9.17, 15) is 29.4 Å². The zero-order valence-corrected chi connectivity index (χ0v) is 21.7. The number of Topliss-reactive ketones (excluding diaryl/α,β-unsaturated/α-hetero) is 3. The first-order chi connectivity index (χ1) is 19.0. The molecule has 0 radical (unpaired) electrons. The second kappa shape index (κ2) is 7.42. The highest BCUT2D eigenvalue weighted by Crippen LogP contribution is 2.55. The number of aliphatic hydroxyl groups is 1. The number of fused-ring (bicyclic) bond motifs is 5. The highest BCUT2D eigenvalue weighted by atomic mass is 16.7. The van der Waals surface area contributed by atoms with Crippen molar-refractivity contribution in [3.8, 4) is 5.75 Å². The van der Waals surface area contributed by atoms with Gasteiger partial charge in [-0.2, -0.15) is 0 Å². The lowest BCUT2D eigenvalue weighted by Gasteiger charge is -2.35. The molecule has 11 heteroatoms. The van der Waals surface area contributed by atoms with E-state index in [1.807, 2.05) is 6.92 Å². The van der Waals surface area contributed by atoms with Gasteiger partial charge in [-0.05, 0) is 38.5 Å². The second-order valence-electron chi connectivity index (χ2n) is 11.6. The normalized spacial score (nSPS) is 38.0. The van der Waals surface area contributed by atoms with E-state index >= 15 is 0 Å². The maximum Gasteiger partial charge on any atom is 0.205 e. The molecule has 3 aromatic rings. The Bertz CT molecular complexity index is 1800. The highest BCUT2D eigenvalue weighted by Gasteiger charge is 2.74. The number of aromatic hydroxyl groups is 1. The molecule has 2 N–H and O–H groups in total. The third kappa shape index (κ3) is 2.91. The van der Waals surface area contributed by atoms with E-state index in [2.05, 4.69) is 0 Å². The summed E-state index contributed by atoms with van der Waals surface area (Å²) in [6.07, 6.45) is -5.15. The third-order valence-electron chi connectivity index (χ3n) is 9.08. The van der Waals surface area contributed by atoms with Gasteiger partial charge in [-0.1, -0.05) is 0 Å². The number of hydrogen-bond donors (Lipinski definition) is 2. The zero-order valence-electron chi connectivity index (χ0n) is 21.7. The Morgan fingerprint density at radius 2 is 1.80 bits per heavy atom. The predicted octanol–water partition coefficient (Wildman–Crippen LogP) is 1.60. The van der Waals surface area contributed by atoms with Crippen LogP contribution >= 0.6 is 0 Å². The van der Waals surface area contributed by atoms with Gasteiger partial charge < -0.3 is 33.6 Å². The average molecular weight is 549 g/mol. The van der Waals surface area contributed by atoms with Crippen LogP contribution in [0.25, 0.3) is 21.7 Å². The molecule has 0 spiro atoms. The van der Waals surface area contributed by atoms with E-state index in [-0.39, 0.29) is 56.9 Å². The summed E-state index contributed by atoms with van der Waals surface area (Å²) in [6.45, 7) is 5.57. The van der Waals surface area contributed by atoms with Gasteiger partial charge in [-0.25, -0.2) is 0 Å². The van der Waals surface area contributed by atoms with Crippen molar-refractivity contribution >= 4 is 39.1 Å². The lowest BCUT2D eigenvalue weighted by atomic mass is 9.75. The summed E-state index contributed by atoms with van der Waals surface area (Å²) >= 11 is 0. The monoisotopic (exact) mass is 548 g/mol. The molecule has 0 unspecified atom stereocenters. The first-order valence-corrected chi connectivity index (χ1v) is 13.2. The van der Waals surface area contributed by atoms with Crippen molar-refractivity contribution in [2.45, 2.75) is 75.0 Å². The minimum absolute atomic E-state index is 0.0616. The van der Waals surface area contributed by atoms with Crippen LogP contribution in [-0.4, -0.2) is 76.4 Å². The van der Waals surface area contributed by atoms with Crippen LogP contribution in [-0.2, 0) is 29.3 Å². The second-order valence-corrected chi connectivity index (χ2v) is 11.6. The van der Waals surface area contributed by atoms with Crippen molar-refractivity contribution in [1.82, 2.24) is 0 Å². The number of benzene rings is 2. The number of carbonyl (C=O) groups excluding carboxylic acids is 3. The van der Waals surface area contributed by atoms with Gasteiger partial charge in [0.25, 0.3) is 0 Å². The SMILES string of the molecule is Cc1cc2c(O)c3c(cc2c2oc([C@@]4(C)O[C@@H]4[C@@H]4CO4)cc(=O)c12)C(=O)[C@@H]1O[C@]1([C@H]1CC(=O)[C@@H](O)[C@@H](C)O1)C3=O. The number of rotatable bonds is 3. The highest BCUT2D eigenvalue weighted by molar-refractivity contribution is 6.27. The third-order valence-corrected chi connectivity index (χ3v) is 9.08. The fourth-order valence-corrected chi connectivity index (χ4v) is 6.63. The van der Waals surface area contributed by atoms with E-state index in [1.165, 1.54) is 19.1 Å². The number of epoxide rings is 3. The van der Waals surface area contributed by atoms with E-state index in [1.54, 1.807) is 13.0 Å². The molecule has 1 aromatic heterocycles. The molecule has 4 fully saturated rings. The largest absolute Gasteiger partial charge is 0.507 e. The Labute approximate surface area is 225 Å². The van der Waals surface area contributed by atoms with Gasteiger partial charge >= 0.3 is 0 Å². The van der Waals surface area contributed by atoms with Crippen LogP contribution < -0.4 is 5.43 Å². The molecule has 8 rings (SSSR count). The molecule has 8 atom stereocenters. The number of carbonyl (C=O) groups is 3. The molecule has 11 nitrogen and oxygen atoms in total. The quantitative estimate of drug-likeness (QED) is 0.360. The molecule has 206 valence electrons. The zero-order chi connectivity index (χ0) is 28.0. The molecular weight excluding hydrogens is 524 g/mol. The van der Waals surface area contributed by atoms with Crippen LogP contribution in [0.2, 0.25) is 0 Å². The Morgan fingerprint density at radius 1 is 1.05 bits per heavy atom. The van der Waals surface area contributed by atoms with Crippen molar-refractivity contribution < 1.29 is 48.0 Å². The van der Waals surface area contributed by atoms with Crippen molar-refractivity contribution in [1.29, 1.82) is 0 Å². The number of ketones is 3. The van der Waals surface area contributed by atoms with Crippen molar-refractivity contribution in [3.63, 3.8) is 0 Å². The maximum absolute atomic E-state index is 13.9. The van der Waals surface area contributed by atoms with Crippen molar-refractivity contribution in [3.05, 3.63) is 50.9 Å². The van der Waals surface area contributed by atoms with Gasteiger partial charge in [0.05, 0.1) is 23.7 Å². The summed E-state index contributed by atoms with van der Waals surface area (Å²) in [7, 11) is 0. The van der Waals surface area contributed by atoms with Gasteiger partial charge in [-0.15, -0.1) is 0 Å². The molecule has 0 amide bonds. The van der Waals surface area contributed by atoms with Crippen LogP contribution in [0.5, 0.6) is 5.75 Å². The van der Waals surface area contributed by atoms with Gasteiger partial charge in [-0.3, -0.25) is 19.2 Å². The van der Waals surface area contributed by atoms with Crippen molar-refractivity contribution in [2.75, 3.05) is 6.61 Å². The topological polar surface area (TPSA) is 169 Å². The maximum atomic E-state index is 13.9. The summed E-state index contributed by atoms with van der Waals surface area (Å²) in [4.78, 5) is 53.1. The van der Waals surface area contributed by atoms with Crippen molar-refractivity contribution in [2.24, 2.45) is 0 Å². The Morgan fingerprint density at radius 3 is 2.50 bits per heavy atom. The number of phenols is 1. The Hall–Kier alpha value is -3.48. The lowest BCUT2D eigenvalue weighted by molar-refractivity contribution is -0.160. The number of ether oxygens (including phenoxy) is 4. The van der Waals surface area contributed by atoms with E-state index in [4.69, 9.17) is 23.4 Å². The Kier molecular flexibility index (Phi) is 4.51. The standard InChI is InChI=1S/C29H24O11/c1-9-4-11-12(24-19(9)14(30)6-17(38-24)28(3)26(39-28)16-8-36-16)5-13-20(22(11)33)25(35)29(27(40-29)23(13)34)18-7-15(31)21(32)10(2)37-18/h4-6,10,16,18,21,26-27,32-33H,7-8H2,1-3H3/t10-,16+,18-,21+,26-,27+,28-,29-/m1/s1. The average Bonchev–Trinajstić information content (AvgIpc) is 3.79. The first kappa shape index (κ1) is 24.3.